The van der Waals surface area contributed by atoms with Crippen LogP contribution in [0, 0.1) is 10.1 Å². The number of benzene rings is 1. The molecule has 32 heavy (non-hydrogen) atoms. The van der Waals surface area contributed by atoms with Crippen LogP contribution in [0.2, 0.25) is 0 Å². The Labute approximate surface area is 183 Å². The molecule has 16 heteroatoms. The third-order valence-electron chi connectivity index (χ3n) is 4.78. The van der Waals surface area contributed by atoms with Gasteiger partial charge in [0.1, 0.15) is 0 Å². The van der Waals surface area contributed by atoms with Gasteiger partial charge in [0.05, 0.1) is 24.7 Å². The number of hydrogen-bond donors (Lipinski definition) is 5. The second-order valence-corrected chi connectivity index (χ2v) is 11.2. The van der Waals surface area contributed by atoms with Crippen LogP contribution in [0.1, 0.15) is 24.7 Å². The number of nitro groups is 1. The van der Waals surface area contributed by atoms with E-state index in [0.717, 1.165) is 0 Å². The van der Waals surface area contributed by atoms with Crippen LogP contribution in [0.3, 0.4) is 0 Å². The molecule has 1 aromatic carbocycles. The number of rotatable bonds is 12. The molecule has 1 aliphatic heterocycles. The Morgan fingerprint density at radius 3 is 2.31 bits per heavy atom. The Balaban J connectivity index is 1.91. The molecule has 0 atom stereocenters. The first-order valence-corrected chi connectivity index (χ1v) is 12.7. The summed E-state index contributed by atoms with van der Waals surface area (Å²) in [6.45, 7) is 0.869. The third kappa shape index (κ3) is 6.55. The lowest BCUT2D eigenvalue weighted by Crippen LogP contribution is -2.34. The highest BCUT2D eigenvalue weighted by molar-refractivity contribution is 7.72. The van der Waals surface area contributed by atoms with Crippen molar-refractivity contribution in [1.82, 2.24) is 4.90 Å². The van der Waals surface area contributed by atoms with Gasteiger partial charge in [-0.3, -0.25) is 19.2 Å². The van der Waals surface area contributed by atoms with Crippen LogP contribution in [0.4, 0.5) is 5.69 Å². The molecular formula is C16H26N2O12P2. The average Bonchev–Trinajstić information content (AvgIpc) is 3.22. The number of aliphatic hydroxyl groups is 1. The zero-order chi connectivity index (χ0) is 24.2. The van der Waals surface area contributed by atoms with Gasteiger partial charge >= 0.3 is 20.9 Å². The lowest BCUT2D eigenvalue weighted by atomic mass is 10.2. The van der Waals surface area contributed by atoms with Crippen LogP contribution in [0.15, 0.2) is 18.2 Å². The smallest absolute Gasteiger partial charge is 0.369 e. The fourth-order valence-electron chi connectivity index (χ4n) is 2.92. The molecule has 0 bridgehead atoms. The average molecular weight is 500 g/mol. The molecular weight excluding hydrogens is 474 g/mol. The van der Waals surface area contributed by atoms with Gasteiger partial charge in [0.2, 0.25) is 0 Å². The largest absolute Gasteiger partial charge is 0.487 e. The van der Waals surface area contributed by atoms with Crippen molar-refractivity contribution in [2.45, 2.75) is 24.2 Å². The summed E-state index contributed by atoms with van der Waals surface area (Å²) in [4.78, 5) is 48.7. The van der Waals surface area contributed by atoms with E-state index in [1.54, 1.807) is 0 Å². The monoisotopic (exact) mass is 500 g/mol. The van der Waals surface area contributed by atoms with E-state index in [2.05, 4.69) is 0 Å². The van der Waals surface area contributed by atoms with Gasteiger partial charge in [-0.2, -0.15) is 0 Å². The second kappa shape index (κ2) is 10.7. The van der Waals surface area contributed by atoms with Crippen LogP contribution in [-0.4, -0.2) is 79.5 Å². The Hall–Kier alpha value is -1.44. The molecule has 0 aliphatic carbocycles. The first-order chi connectivity index (χ1) is 14.8. The van der Waals surface area contributed by atoms with Crippen molar-refractivity contribution >= 4 is 20.9 Å². The van der Waals surface area contributed by atoms with Gasteiger partial charge in [0.25, 0.3) is 5.08 Å². The predicted octanol–water partition coefficient (Wildman–Crippen LogP) is 0.732. The van der Waals surface area contributed by atoms with Crippen molar-refractivity contribution in [1.29, 1.82) is 0 Å². The molecule has 0 radical (unpaired) electrons. The summed E-state index contributed by atoms with van der Waals surface area (Å²) >= 11 is 0. The van der Waals surface area contributed by atoms with E-state index in [9.17, 15) is 24.4 Å². The topological polar surface area (TPSA) is 209 Å². The van der Waals surface area contributed by atoms with Crippen LogP contribution in [-0.2, 0) is 18.6 Å². The highest BCUT2D eigenvalue weighted by Gasteiger charge is 2.58. The molecule has 1 aliphatic rings. The minimum atomic E-state index is -5.51. The molecule has 1 saturated heterocycles. The summed E-state index contributed by atoms with van der Waals surface area (Å²) < 4.78 is 39.0. The van der Waals surface area contributed by atoms with Crippen LogP contribution in [0.25, 0.3) is 0 Å². The summed E-state index contributed by atoms with van der Waals surface area (Å²) in [5, 5.41) is 17.7. The molecule has 1 aromatic rings. The summed E-state index contributed by atoms with van der Waals surface area (Å²) in [6.07, 6.45) is -1.18. The highest BCUT2D eigenvalue weighted by Crippen LogP contribution is 2.68. The van der Waals surface area contributed by atoms with E-state index in [-0.39, 0.29) is 31.1 Å². The van der Waals surface area contributed by atoms with Crippen molar-refractivity contribution in [3.05, 3.63) is 33.9 Å². The predicted molar refractivity (Wildman–Crippen MR) is 109 cm³/mol. The first kappa shape index (κ1) is 26.8. The van der Waals surface area contributed by atoms with Crippen LogP contribution < -0.4 is 4.74 Å². The number of ether oxygens (including phenoxy) is 3. The van der Waals surface area contributed by atoms with Gasteiger partial charge in [-0.25, -0.2) is 0 Å². The number of hydrogen-bond acceptors (Lipinski definition) is 9. The SMILES string of the molecule is CN(CCCOc1cc(C2OCCO2)ccc1[N+](=O)[O-])CCC(O)(P(=O)(O)O)P(=O)(O)O. The minimum Gasteiger partial charge on any atom is -0.487 e. The molecule has 0 aromatic heterocycles. The number of nitrogens with zero attached hydrogens (tertiary/aromatic N) is 2. The Kier molecular flexibility index (Phi) is 8.93. The zero-order valence-electron chi connectivity index (χ0n) is 17.1. The molecule has 0 saturated carbocycles. The minimum absolute atomic E-state index is 0.0200. The summed E-state index contributed by atoms with van der Waals surface area (Å²) in [7, 11) is -9.51. The van der Waals surface area contributed by atoms with Crippen molar-refractivity contribution < 1.29 is 52.9 Å². The summed E-state index contributed by atoms with van der Waals surface area (Å²) in [5.41, 5.74) is 0.322. The van der Waals surface area contributed by atoms with Crippen molar-refractivity contribution in [2.24, 2.45) is 0 Å². The quantitative estimate of drug-likeness (QED) is 0.116. The summed E-state index contributed by atoms with van der Waals surface area (Å²) in [6, 6.07) is 4.25. The number of nitro benzene ring substituents is 1. The van der Waals surface area contributed by atoms with Gasteiger partial charge in [-0.15, -0.1) is 0 Å². The molecule has 1 fully saturated rings. The van der Waals surface area contributed by atoms with E-state index < -0.39 is 37.9 Å². The molecule has 14 nitrogen and oxygen atoms in total. The maximum Gasteiger partial charge on any atom is 0.369 e. The molecule has 2 rings (SSSR count). The standard InChI is InChI=1S/C16H26N2O12P2/c1-17(7-5-16(19,31(22,23)24)32(25,26)27)6-2-8-28-14-11-12(15-29-9-10-30-15)3-4-13(14)18(20)21/h3-4,11,15,19H,2,5-10H2,1H3,(H2,22,23,24)(H2,25,26,27). The molecule has 5 N–H and O–H groups in total. The van der Waals surface area contributed by atoms with E-state index in [4.69, 9.17) is 33.8 Å². The Bertz CT molecular complexity index is 873. The van der Waals surface area contributed by atoms with Gasteiger partial charge in [-0.05, 0) is 25.6 Å². The van der Waals surface area contributed by atoms with Crippen molar-refractivity contribution in [3.63, 3.8) is 0 Å². The van der Waals surface area contributed by atoms with Gasteiger partial charge in [-0.1, -0.05) is 0 Å². The van der Waals surface area contributed by atoms with E-state index >= 15 is 0 Å². The normalized spacial score (nSPS) is 16.0. The van der Waals surface area contributed by atoms with E-state index in [0.29, 0.717) is 25.2 Å². The molecule has 0 unspecified atom stereocenters. The maximum absolute atomic E-state index is 11.4. The summed E-state index contributed by atoms with van der Waals surface area (Å²) in [5.74, 6) is 0.0200. The zero-order valence-corrected chi connectivity index (χ0v) is 18.9. The molecule has 1 heterocycles. The maximum atomic E-state index is 11.4. The van der Waals surface area contributed by atoms with Crippen LogP contribution >= 0.6 is 15.2 Å². The fourth-order valence-corrected chi connectivity index (χ4v) is 5.07. The van der Waals surface area contributed by atoms with E-state index in [1.807, 2.05) is 0 Å². The van der Waals surface area contributed by atoms with Gasteiger partial charge in [0, 0.05) is 31.1 Å². The Morgan fingerprint density at radius 2 is 1.78 bits per heavy atom. The molecule has 0 amide bonds. The fraction of sp³-hybridized carbons (Fsp3) is 0.625. The van der Waals surface area contributed by atoms with Crippen LogP contribution in [0.5, 0.6) is 5.75 Å². The molecule has 0 spiro atoms. The van der Waals surface area contributed by atoms with Crippen molar-refractivity contribution in [2.75, 3.05) is 40.0 Å². The van der Waals surface area contributed by atoms with Gasteiger partial charge < -0.3 is 43.8 Å². The highest BCUT2D eigenvalue weighted by atomic mass is 31.2. The lowest BCUT2D eigenvalue weighted by Gasteiger charge is -2.30. The third-order valence-corrected chi connectivity index (χ3v) is 8.65. The second-order valence-electron chi connectivity index (χ2n) is 7.18. The first-order valence-electron chi connectivity index (χ1n) is 9.43. The Morgan fingerprint density at radius 1 is 1.19 bits per heavy atom. The van der Waals surface area contributed by atoms with Gasteiger partial charge in [0.15, 0.2) is 12.0 Å². The van der Waals surface area contributed by atoms with Crippen molar-refractivity contribution in [3.8, 4) is 5.75 Å². The van der Waals surface area contributed by atoms with E-state index in [1.165, 1.54) is 30.1 Å². The lowest BCUT2D eigenvalue weighted by molar-refractivity contribution is -0.385. The molecule has 182 valence electrons.